The van der Waals surface area contributed by atoms with Gasteiger partial charge in [-0.15, -0.1) is 0 Å². The van der Waals surface area contributed by atoms with Crippen molar-refractivity contribution < 1.29 is 0 Å². The number of nitrogens with zero attached hydrogens (tertiary/aromatic N) is 1. The largest absolute Gasteiger partial charge is 0.330 e. The molecule has 0 bridgehead atoms. The molecule has 0 aliphatic rings. The molecule has 0 fully saturated rings. The van der Waals surface area contributed by atoms with Crippen molar-refractivity contribution in [2.45, 2.75) is 26.3 Å². The highest BCUT2D eigenvalue weighted by molar-refractivity contribution is 7.07. The molecule has 1 heterocycles. The summed E-state index contributed by atoms with van der Waals surface area (Å²) < 4.78 is 0. The zero-order valence-corrected chi connectivity index (χ0v) is 10.6. The zero-order chi connectivity index (χ0) is 11.1. The zero-order valence-electron chi connectivity index (χ0n) is 9.78. The summed E-state index contributed by atoms with van der Waals surface area (Å²) in [5.74, 6) is 0.666. The summed E-state index contributed by atoms with van der Waals surface area (Å²) in [6.45, 7) is 5.27. The molecule has 2 N–H and O–H groups in total. The van der Waals surface area contributed by atoms with Gasteiger partial charge < -0.3 is 10.6 Å². The summed E-state index contributed by atoms with van der Waals surface area (Å²) in [5.41, 5.74) is 7.01. The smallest absolute Gasteiger partial charge is 0.0238 e. The minimum atomic E-state index is 0.666. The van der Waals surface area contributed by atoms with Crippen LogP contribution in [0.25, 0.3) is 0 Å². The van der Waals surface area contributed by atoms with Gasteiger partial charge >= 0.3 is 0 Å². The third-order valence-corrected chi connectivity index (χ3v) is 3.40. The third kappa shape index (κ3) is 5.30. The van der Waals surface area contributed by atoms with Crippen LogP contribution in [0.15, 0.2) is 16.8 Å². The van der Waals surface area contributed by atoms with Crippen molar-refractivity contribution in [3.05, 3.63) is 22.4 Å². The van der Waals surface area contributed by atoms with Gasteiger partial charge in [0.1, 0.15) is 0 Å². The van der Waals surface area contributed by atoms with E-state index in [2.05, 4.69) is 35.7 Å². The number of hydrogen-bond donors (Lipinski definition) is 1. The Hall–Kier alpha value is -0.380. The maximum absolute atomic E-state index is 5.59. The van der Waals surface area contributed by atoms with Gasteiger partial charge in [0.05, 0.1) is 0 Å². The first kappa shape index (κ1) is 12.7. The van der Waals surface area contributed by atoms with Gasteiger partial charge in [-0.25, -0.2) is 0 Å². The Morgan fingerprint density at radius 1 is 1.53 bits per heavy atom. The Balaban J connectivity index is 2.11. The van der Waals surface area contributed by atoms with Crippen LogP contribution in [-0.4, -0.2) is 25.0 Å². The molecule has 1 aromatic rings. The van der Waals surface area contributed by atoms with E-state index in [1.165, 1.54) is 24.9 Å². The molecule has 0 radical (unpaired) electrons. The second-order valence-electron chi connectivity index (χ2n) is 4.35. The van der Waals surface area contributed by atoms with Crippen LogP contribution >= 0.6 is 11.3 Å². The van der Waals surface area contributed by atoms with Crippen LogP contribution in [0.3, 0.4) is 0 Å². The number of rotatable bonds is 7. The van der Waals surface area contributed by atoms with E-state index < -0.39 is 0 Å². The highest BCUT2D eigenvalue weighted by Crippen LogP contribution is 2.10. The van der Waals surface area contributed by atoms with Gasteiger partial charge in [-0.1, -0.05) is 6.92 Å². The van der Waals surface area contributed by atoms with E-state index >= 15 is 0 Å². The molecule has 0 aliphatic heterocycles. The molecule has 15 heavy (non-hydrogen) atoms. The van der Waals surface area contributed by atoms with Crippen molar-refractivity contribution >= 4 is 11.3 Å². The predicted molar refractivity (Wildman–Crippen MR) is 68.1 cm³/mol. The number of nitrogens with two attached hydrogens (primary N) is 1. The van der Waals surface area contributed by atoms with Crippen molar-refractivity contribution in [2.75, 3.05) is 20.1 Å². The minimum Gasteiger partial charge on any atom is -0.330 e. The first-order chi connectivity index (χ1) is 7.22. The standard InChI is InChI=1S/C12H22N2S/c1-11(8-13)4-3-6-14(2)9-12-5-7-15-10-12/h5,7,10-11H,3-4,6,8-9,13H2,1-2H3. The molecule has 0 spiro atoms. The summed E-state index contributed by atoms with van der Waals surface area (Å²) in [4.78, 5) is 2.38. The maximum Gasteiger partial charge on any atom is 0.0238 e. The number of thiophene rings is 1. The van der Waals surface area contributed by atoms with E-state index in [0.717, 1.165) is 13.1 Å². The molecule has 1 aromatic heterocycles. The van der Waals surface area contributed by atoms with Gasteiger partial charge in [0, 0.05) is 6.54 Å². The van der Waals surface area contributed by atoms with E-state index in [1.54, 1.807) is 11.3 Å². The maximum atomic E-state index is 5.59. The lowest BCUT2D eigenvalue weighted by molar-refractivity contribution is 0.309. The van der Waals surface area contributed by atoms with Crippen LogP contribution in [0.5, 0.6) is 0 Å². The lowest BCUT2D eigenvalue weighted by atomic mass is 10.1. The van der Waals surface area contributed by atoms with Gasteiger partial charge in [-0.3, -0.25) is 0 Å². The SMILES string of the molecule is CC(CN)CCCN(C)Cc1ccsc1. The highest BCUT2D eigenvalue weighted by Gasteiger charge is 2.02. The Labute approximate surface area is 97.1 Å². The second-order valence-corrected chi connectivity index (χ2v) is 5.13. The molecule has 3 heteroatoms. The van der Waals surface area contributed by atoms with E-state index in [-0.39, 0.29) is 0 Å². The topological polar surface area (TPSA) is 29.3 Å². The van der Waals surface area contributed by atoms with E-state index in [0.29, 0.717) is 5.92 Å². The van der Waals surface area contributed by atoms with Crippen LogP contribution < -0.4 is 5.73 Å². The summed E-state index contributed by atoms with van der Waals surface area (Å²) in [6.07, 6.45) is 2.49. The Morgan fingerprint density at radius 2 is 2.33 bits per heavy atom. The molecule has 1 atom stereocenters. The second kappa shape index (κ2) is 6.99. The summed E-state index contributed by atoms with van der Waals surface area (Å²) in [6, 6.07) is 2.20. The van der Waals surface area contributed by atoms with Gasteiger partial charge in [0.2, 0.25) is 0 Å². The molecule has 0 saturated carbocycles. The lowest BCUT2D eigenvalue weighted by Crippen LogP contribution is -2.20. The van der Waals surface area contributed by atoms with Crippen LogP contribution in [0, 0.1) is 5.92 Å². The molecule has 1 rings (SSSR count). The van der Waals surface area contributed by atoms with Gasteiger partial charge in [0.25, 0.3) is 0 Å². The van der Waals surface area contributed by atoms with Gasteiger partial charge in [0.15, 0.2) is 0 Å². The summed E-state index contributed by atoms with van der Waals surface area (Å²) >= 11 is 1.77. The predicted octanol–water partition coefficient (Wildman–Crippen LogP) is 2.55. The van der Waals surface area contributed by atoms with Crippen molar-refractivity contribution in [2.24, 2.45) is 11.7 Å². The summed E-state index contributed by atoms with van der Waals surface area (Å²) in [7, 11) is 2.19. The number of hydrogen-bond acceptors (Lipinski definition) is 3. The Bertz CT molecular complexity index is 246. The van der Waals surface area contributed by atoms with Gasteiger partial charge in [-0.2, -0.15) is 11.3 Å². The molecule has 0 saturated heterocycles. The quantitative estimate of drug-likeness (QED) is 0.774. The molecule has 0 amide bonds. The fourth-order valence-corrected chi connectivity index (χ4v) is 2.26. The van der Waals surface area contributed by atoms with E-state index in [9.17, 15) is 0 Å². The third-order valence-electron chi connectivity index (χ3n) is 2.67. The Kier molecular flexibility index (Phi) is 5.91. The van der Waals surface area contributed by atoms with Crippen molar-refractivity contribution in [1.29, 1.82) is 0 Å². The first-order valence-corrected chi connectivity index (χ1v) is 6.56. The van der Waals surface area contributed by atoms with Crippen LogP contribution in [0.1, 0.15) is 25.3 Å². The van der Waals surface area contributed by atoms with E-state index in [1.807, 2.05) is 0 Å². The van der Waals surface area contributed by atoms with E-state index in [4.69, 9.17) is 5.73 Å². The summed E-state index contributed by atoms with van der Waals surface area (Å²) in [5, 5.41) is 4.36. The fourth-order valence-electron chi connectivity index (χ4n) is 1.60. The monoisotopic (exact) mass is 226 g/mol. The normalized spacial score (nSPS) is 13.3. The fraction of sp³-hybridized carbons (Fsp3) is 0.667. The Morgan fingerprint density at radius 3 is 2.93 bits per heavy atom. The first-order valence-electron chi connectivity index (χ1n) is 5.62. The highest BCUT2D eigenvalue weighted by atomic mass is 32.1. The van der Waals surface area contributed by atoms with Crippen LogP contribution in [-0.2, 0) is 6.54 Å². The molecule has 0 aliphatic carbocycles. The van der Waals surface area contributed by atoms with Gasteiger partial charge in [-0.05, 0) is 61.3 Å². The minimum absolute atomic E-state index is 0.666. The average Bonchev–Trinajstić information content (AvgIpc) is 2.70. The molecule has 1 unspecified atom stereocenters. The lowest BCUT2D eigenvalue weighted by Gasteiger charge is -2.16. The van der Waals surface area contributed by atoms with Crippen molar-refractivity contribution in [1.82, 2.24) is 4.90 Å². The van der Waals surface area contributed by atoms with Crippen LogP contribution in [0.4, 0.5) is 0 Å². The molecule has 2 nitrogen and oxygen atoms in total. The van der Waals surface area contributed by atoms with Crippen molar-refractivity contribution in [3.8, 4) is 0 Å². The molecule has 86 valence electrons. The molecule has 0 aromatic carbocycles. The molecular weight excluding hydrogens is 204 g/mol. The molecular formula is C12H22N2S. The van der Waals surface area contributed by atoms with Crippen LogP contribution in [0.2, 0.25) is 0 Å². The van der Waals surface area contributed by atoms with Crippen molar-refractivity contribution in [3.63, 3.8) is 0 Å². The average molecular weight is 226 g/mol.